The Morgan fingerprint density at radius 3 is 2.54 bits per heavy atom. The molecule has 28 heavy (non-hydrogen) atoms. The van der Waals surface area contributed by atoms with Gasteiger partial charge in [-0.3, -0.25) is 9.59 Å². The molecule has 154 valence electrons. The molecule has 1 aliphatic heterocycles. The summed E-state index contributed by atoms with van der Waals surface area (Å²) in [6, 6.07) is 4.35. The fourth-order valence-corrected chi connectivity index (χ4v) is 4.38. The molecule has 0 radical (unpaired) electrons. The van der Waals surface area contributed by atoms with E-state index in [1.807, 2.05) is 0 Å². The fourth-order valence-electron chi connectivity index (χ4n) is 4.38. The smallest absolute Gasteiger partial charge is 0.227 e. The van der Waals surface area contributed by atoms with Crippen molar-refractivity contribution in [2.75, 3.05) is 23.7 Å². The van der Waals surface area contributed by atoms with Crippen LogP contribution < -0.4 is 16.0 Å². The summed E-state index contributed by atoms with van der Waals surface area (Å²) in [4.78, 5) is 24.8. The molecular formula is C22H32FN3O2. The van der Waals surface area contributed by atoms with Crippen LogP contribution in [0.5, 0.6) is 0 Å². The molecule has 1 unspecified atom stereocenters. The van der Waals surface area contributed by atoms with Crippen molar-refractivity contribution in [2.24, 2.45) is 17.8 Å². The molecule has 1 saturated carbocycles. The van der Waals surface area contributed by atoms with E-state index in [1.165, 1.54) is 12.1 Å². The van der Waals surface area contributed by atoms with Gasteiger partial charge >= 0.3 is 0 Å². The van der Waals surface area contributed by atoms with E-state index in [9.17, 15) is 14.0 Å². The number of nitrogens with one attached hydrogen (secondary N) is 3. The van der Waals surface area contributed by atoms with Gasteiger partial charge in [-0.25, -0.2) is 4.39 Å². The minimum Gasteiger partial charge on any atom is -0.326 e. The number of carbonyl (C=O) groups excluding carboxylic acids is 2. The van der Waals surface area contributed by atoms with E-state index in [4.69, 9.17) is 0 Å². The van der Waals surface area contributed by atoms with Crippen molar-refractivity contribution in [2.45, 2.75) is 58.3 Å². The number of hydrogen-bond donors (Lipinski definition) is 3. The number of carbonyl (C=O) groups is 2. The Labute approximate surface area is 166 Å². The predicted molar refractivity (Wildman–Crippen MR) is 110 cm³/mol. The molecule has 5 nitrogen and oxygen atoms in total. The average Bonchev–Trinajstić information content (AvgIpc) is 2.71. The number of benzene rings is 1. The van der Waals surface area contributed by atoms with Crippen molar-refractivity contribution in [1.82, 2.24) is 5.32 Å². The lowest BCUT2D eigenvalue weighted by Gasteiger charge is -2.27. The first-order chi connectivity index (χ1) is 13.5. The molecule has 1 atom stereocenters. The monoisotopic (exact) mass is 389 g/mol. The van der Waals surface area contributed by atoms with Crippen molar-refractivity contribution in [1.29, 1.82) is 0 Å². The molecule has 3 N–H and O–H groups in total. The van der Waals surface area contributed by atoms with Gasteiger partial charge in [-0.15, -0.1) is 0 Å². The Bertz CT molecular complexity index is 682. The minimum atomic E-state index is -0.481. The first-order valence-corrected chi connectivity index (χ1v) is 10.6. The van der Waals surface area contributed by atoms with Crippen LogP contribution in [0.1, 0.15) is 58.3 Å². The van der Waals surface area contributed by atoms with Gasteiger partial charge in [-0.2, -0.15) is 0 Å². The van der Waals surface area contributed by atoms with Gasteiger partial charge in [-0.05, 0) is 68.8 Å². The maximum atomic E-state index is 14.2. The van der Waals surface area contributed by atoms with Gasteiger partial charge in [0.15, 0.2) is 0 Å². The highest BCUT2D eigenvalue weighted by Gasteiger charge is 2.23. The molecule has 2 aliphatic rings. The second kappa shape index (κ2) is 10.0. The Kier molecular flexibility index (Phi) is 7.43. The number of amides is 2. The van der Waals surface area contributed by atoms with Gasteiger partial charge in [0.05, 0.1) is 5.69 Å². The summed E-state index contributed by atoms with van der Waals surface area (Å²) in [6.07, 6.45) is 7.63. The molecule has 0 aromatic heterocycles. The molecule has 6 heteroatoms. The van der Waals surface area contributed by atoms with Crippen LogP contribution >= 0.6 is 0 Å². The number of hydrogen-bond acceptors (Lipinski definition) is 3. The van der Waals surface area contributed by atoms with E-state index >= 15 is 0 Å². The maximum Gasteiger partial charge on any atom is 0.227 e. The van der Waals surface area contributed by atoms with Crippen molar-refractivity contribution in [3.05, 3.63) is 24.0 Å². The third-order valence-corrected chi connectivity index (χ3v) is 6.18. The zero-order valence-corrected chi connectivity index (χ0v) is 16.7. The van der Waals surface area contributed by atoms with Crippen LogP contribution in [0.4, 0.5) is 15.8 Å². The summed E-state index contributed by atoms with van der Waals surface area (Å²) in [7, 11) is 0. The molecule has 1 saturated heterocycles. The Morgan fingerprint density at radius 2 is 1.82 bits per heavy atom. The SMILES string of the molecule is CC(CC(=O)Nc1ccc(F)c(NC(=O)C2CCCCC2)c1)C1CCNCC1. The largest absolute Gasteiger partial charge is 0.326 e. The Hall–Kier alpha value is -1.95. The highest BCUT2D eigenvalue weighted by Crippen LogP contribution is 2.27. The summed E-state index contributed by atoms with van der Waals surface area (Å²) < 4.78 is 14.2. The lowest BCUT2D eigenvalue weighted by atomic mass is 9.84. The van der Waals surface area contributed by atoms with Crippen LogP contribution in [0.2, 0.25) is 0 Å². The van der Waals surface area contributed by atoms with Crippen LogP contribution in [0.25, 0.3) is 0 Å². The summed E-state index contributed by atoms with van der Waals surface area (Å²) in [5.41, 5.74) is 0.655. The summed E-state index contributed by atoms with van der Waals surface area (Å²) >= 11 is 0. The molecule has 1 aromatic carbocycles. The zero-order chi connectivity index (χ0) is 19.9. The van der Waals surface area contributed by atoms with Crippen molar-refractivity contribution < 1.29 is 14.0 Å². The highest BCUT2D eigenvalue weighted by atomic mass is 19.1. The standard InChI is InChI=1S/C22H32FN3O2/c1-15(16-9-11-24-12-10-16)13-21(27)25-18-7-8-19(23)20(14-18)26-22(28)17-5-3-2-4-6-17/h7-8,14-17,24H,2-6,9-13H2,1H3,(H,25,27)(H,26,28). The van der Waals surface area contributed by atoms with Crippen molar-refractivity contribution >= 4 is 23.2 Å². The lowest BCUT2D eigenvalue weighted by Crippen LogP contribution is -2.32. The molecule has 2 amide bonds. The van der Waals surface area contributed by atoms with E-state index in [-0.39, 0.29) is 23.4 Å². The van der Waals surface area contributed by atoms with Crippen molar-refractivity contribution in [3.63, 3.8) is 0 Å². The van der Waals surface area contributed by atoms with E-state index in [0.29, 0.717) is 23.9 Å². The van der Waals surface area contributed by atoms with Crippen LogP contribution in [-0.4, -0.2) is 24.9 Å². The first kappa shape index (κ1) is 20.8. The van der Waals surface area contributed by atoms with Gasteiger partial charge in [0.1, 0.15) is 5.82 Å². The molecule has 1 aliphatic carbocycles. The Morgan fingerprint density at radius 1 is 1.11 bits per heavy atom. The fraction of sp³-hybridized carbons (Fsp3) is 0.636. The molecular weight excluding hydrogens is 357 g/mol. The van der Waals surface area contributed by atoms with Crippen LogP contribution in [0.15, 0.2) is 18.2 Å². The summed E-state index contributed by atoms with van der Waals surface area (Å²) in [5, 5.41) is 8.92. The minimum absolute atomic E-state index is 0.0442. The van der Waals surface area contributed by atoms with E-state index in [1.54, 1.807) is 6.07 Å². The molecule has 0 spiro atoms. The number of anilines is 2. The van der Waals surface area contributed by atoms with Crippen molar-refractivity contribution in [3.8, 4) is 0 Å². The third kappa shape index (κ3) is 5.77. The van der Waals surface area contributed by atoms with E-state index in [2.05, 4.69) is 22.9 Å². The summed E-state index contributed by atoms with van der Waals surface area (Å²) in [6.45, 7) is 4.15. The van der Waals surface area contributed by atoms with Gasteiger partial charge in [-0.1, -0.05) is 26.2 Å². The molecule has 2 fully saturated rings. The van der Waals surface area contributed by atoms with Gasteiger partial charge < -0.3 is 16.0 Å². The second-order valence-electron chi connectivity index (χ2n) is 8.34. The highest BCUT2D eigenvalue weighted by molar-refractivity contribution is 5.95. The maximum absolute atomic E-state index is 14.2. The molecule has 3 rings (SSSR count). The third-order valence-electron chi connectivity index (χ3n) is 6.18. The normalized spacial score (nSPS) is 19.8. The zero-order valence-electron chi connectivity index (χ0n) is 16.7. The van der Waals surface area contributed by atoms with Gasteiger partial charge in [0.25, 0.3) is 0 Å². The summed E-state index contributed by atoms with van der Waals surface area (Å²) in [5.74, 6) is 0.157. The van der Waals surface area contributed by atoms with Crippen LogP contribution in [0.3, 0.4) is 0 Å². The molecule has 1 heterocycles. The van der Waals surface area contributed by atoms with Crippen LogP contribution in [0, 0.1) is 23.6 Å². The first-order valence-electron chi connectivity index (χ1n) is 10.6. The second-order valence-corrected chi connectivity index (χ2v) is 8.34. The van der Waals surface area contributed by atoms with Gasteiger partial charge in [0, 0.05) is 18.0 Å². The number of rotatable bonds is 6. The quantitative estimate of drug-likeness (QED) is 0.679. The van der Waals surface area contributed by atoms with E-state index < -0.39 is 5.82 Å². The predicted octanol–water partition coefficient (Wildman–Crippen LogP) is 4.31. The number of halogens is 1. The molecule has 0 bridgehead atoms. The topological polar surface area (TPSA) is 70.2 Å². The van der Waals surface area contributed by atoms with Gasteiger partial charge in [0.2, 0.25) is 11.8 Å². The van der Waals surface area contributed by atoms with Crippen LogP contribution in [-0.2, 0) is 9.59 Å². The Balaban J connectivity index is 1.55. The number of piperidine rings is 1. The molecule has 1 aromatic rings. The lowest BCUT2D eigenvalue weighted by molar-refractivity contribution is -0.120. The average molecular weight is 390 g/mol. The van der Waals surface area contributed by atoms with E-state index in [0.717, 1.165) is 58.0 Å².